The van der Waals surface area contributed by atoms with Gasteiger partial charge in [-0.3, -0.25) is 10.1 Å². The van der Waals surface area contributed by atoms with E-state index in [-0.39, 0.29) is 18.0 Å². The van der Waals surface area contributed by atoms with Crippen molar-refractivity contribution < 1.29 is 9.53 Å². The summed E-state index contributed by atoms with van der Waals surface area (Å²) in [6.07, 6.45) is 1.96. The number of rotatable bonds is 6. The zero-order chi connectivity index (χ0) is 21.1. The van der Waals surface area contributed by atoms with E-state index in [4.69, 9.17) is 4.74 Å². The van der Waals surface area contributed by atoms with E-state index in [1.165, 1.54) is 11.3 Å². The third-order valence-electron chi connectivity index (χ3n) is 4.36. The number of nitrogens with one attached hydrogen (secondary N) is 1. The molecule has 1 N–H and O–H groups in total. The molecule has 7 heteroatoms. The van der Waals surface area contributed by atoms with Crippen molar-refractivity contribution in [2.45, 2.75) is 26.9 Å². The van der Waals surface area contributed by atoms with E-state index < -0.39 is 0 Å². The molecule has 152 valence electrons. The molecule has 0 spiro atoms. The van der Waals surface area contributed by atoms with Gasteiger partial charge in [0, 0.05) is 11.0 Å². The molecule has 4 aromatic rings. The van der Waals surface area contributed by atoms with Gasteiger partial charge in [-0.15, -0.1) is 16.4 Å². The summed E-state index contributed by atoms with van der Waals surface area (Å²) in [7, 11) is 0. The third-order valence-corrected chi connectivity index (χ3v) is 5.30. The number of aromatic nitrogens is 3. The van der Waals surface area contributed by atoms with Crippen molar-refractivity contribution in [1.29, 1.82) is 0 Å². The predicted molar refractivity (Wildman–Crippen MR) is 121 cm³/mol. The number of carbonyl (C=O) groups is 1. The van der Waals surface area contributed by atoms with Crippen molar-refractivity contribution in [3.05, 3.63) is 76.8 Å². The van der Waals surface area contributed by atoms with E-state index >= 15 is 0 Å². The number of hydrogen-bond donors (Lipinski definition) is 1. The number of aryl methyl sites for hydroxylation is 1. The fourth-order valence-corrected chi connectivity index (χ4v) is 3.79. The molecule has 30 heavy (non-hydrogen) atoms. The molecule has 0 unspecified atom stereocenters. The van der Waals surface area contributed by atoms with E-state index in [1.807, 2.05) is 86.8 Å². The minimum Gasteiger partial charge on any atom is -0.491 e. The Bertz CT molecular complexity index is 1190. The summed E-state index contributed by atoms with van der Waals surface area (Å²) in [5, 5.41) is 9.18. The molecule has 0 radical (unpaired) electrons. The number of anilines is 1. The van der Waals surface area contributed by atoms with Crippen LogP contribution in [0.1, 0.15) is 30.7 Å². The molecule has 0 fully saturated rings. The Kier molecular flexibility index (Phi) is 5.63. The van der Waals surface area contributed by atoms with Crippen molar-refractivity contribution in [3.63, 3.8) is 0 Å². The number of carbonyl (C=O) groups excluding carboxylic acids is 1. The second kappa shape index (κ2) is 8.51. The molecule has 6 nitrogen and oxygen atoms in total. The highest BCUT2D eigenvalue weighted by Crippen LogP contribution is 2.23. The Hall–Kier alpha value is -3.45. The molecule has 2 heterocycles. The van der Waals surface area contributed by atoms with Gasteiger partial charge >= 0.3 is 0 Å². The van der Waals surface area contributed by atoms with Gasteiger partial charge in [0.15, 0.2) is 0 Å². The molecule has 1 amide bonds. The van der Waals surface area contributed by atoms with Crippen LogP contribution >= 0.6 is 11.3 Å². The zero-order valence-corrected chi connectivity index (χ0v) is 17.8. The Balaban J connectivity index is 1.63. The van der Waals surface area contributed by atoms with Crippen molar-refractivity contribution in [2.24, 2.45) is 0 Å². The van der Waals surface area contributed by atoms with Crippen LogP contribution in [0.2, 0.25) is 0 Å². The van der Waals surface area contributed by atoms with Crippen LogP contribution in [0.5, 0.6) is 5.75 Å². The van der Waals surface area contributed by atoms with Crippen LogP contribution in [0.3, 0.4) is 0 Å². The summed E-state index contributed by atoms with van der Waals surface area (Å²) in [5.41, 5.74) is 3.22. The quantitative estimate of drug-likeness (QED) is 0.351. The number of thiazole rings is 1. The number of benzene rings is 2. The van der Waals surface area contributed by atoms with E-state index in [0.29, 0.717) is 5.57 Å². The lowest BCUT2D eigenvalue weighted by Crippen LogP contribution is -2.15. The maximum absolute atomic E-state index is 13.1. The van der Waals surface area contributed by atoms with Crippen LogP contribution in [-0.4, -0.2) is 26.6 Å². The number of ether oxygens (including phenoxy) is 1. The minimum atomic E-state index is -0.264. The Labute approximate surface area is 178 Å². The lowest BCUT2D eigenvalue weighted by molar-refractivity contribution is -0.111. The monoisotopic (exact) mass is 418 g/mol. The minimum absolute atomic E-state index is 0.109. The van der Waals surface area contributed by atoms with Crippen molar-refractivity contribution in [2.75, 3.05) is 5.32 Å². The lowest BCUT2D eigenvalue weighted by atomic mass is 10.0. The van der Waals surface area contributed by atoms with E-state index in [9.17, 15) is 4.79 Å². The molecule has 0 aliphatic carbocycles. The van der Waals surface area contributed by atoms with Crippen LogP contribution in [-0.2, 0) is 4.79 Å². The van der Waals surface area contributed by atoms with E-state index in [2.05, 4.69) is 15.4 Å². The van der Waals surface area contributed by atoms with E-state index in [0.717, 1.165) is 27.5 Å². The maximum atomic E-state index is 13.1. The molecule has 0 aliphatic heterocycles. The fraction of sp³-hybridized carbons (Fsp3) is 0.174. The highest BCUT2D eigenvalue weighted by atomic mass is 32.1. The Morgan fingerprint density at radius 3 is 2.53 bits per heavy atom. The van der Waals surface area contributed by atoms with Gasteiger partial charge in [0.2, 0.25) is 4.96 Å². The normalized spacial score (nSPS) is 11.8. The van der Waals surface area contributed by atoms with Crippen LogP contribution in [0.25, 0.3) is 16.6 Å². The smallest absolute Gasteiger partial charge is 0.258 e. The number of amides is 1. The predicted octanol–water partition coefficient (Wildman–Crippen LogP) is 5.07. The fourth-order valence-electron chi connectivity index (χ4n) is 2.99. The summed E-state index contributed by atoms with van der Waals surface area (Å²) in [5.74, 6) is 0.822. The molecule has 2 aromatic carbocycles. The van der Waals surface area contributed by atoms with Gasteiger partial charge in [-0.2, -0.15) is 4.98 Å². The summed E-state index contributed by atoms with van der Waals surface area (Å²) >= 11 is 1.49. The van der Waals surface area contributed by atoms with Crippen molar-refractivity contribution in [3.8, 4) is 5.75 Å². The molecular weight excluding hydrogens is 396 g/mol. The number of nitrogens with zero attached hydrogens (tertiary/aromatic N) is 3. The Morgan fingerprint density at radius 2 is 1.87 bits per heavy atom. The number of hydrogen-bond acceptors (Lipinski definition) is 5. The van der Waals surface area contributed by atoms with Crippen molar-refractivity contribution >= 4 is 39.8 Å². The summed E-state index contributed by atoms with van der Waals surface area (Å²) in [4.78, 5) is 18.3. The van der Waals surface area contributed by atoms with Gasteiger partial charge in [0.05, 0.1) is 11.8 Å². The first-order chi connectivity index (χ1) is 14.5. The first-order valence-electron chi connectivity index (χ1n) is 9.65. The Morgan fingerprint density at radius 1 is 1.13 bits per heavy atom. The largest absolute Gasteiger partial charge is 0.491 e. The summed E-state index contributed by atoms with van der Waals surface area (Å²) in [6.45, 7) is 5.92. The number of fused-ring (bicyclic) bond motifs is 1. The second-order valence-corrected chi connectivity index (χ2v) is 7.96. The third kappa shape index (κ3) is 4.41. The maximum Gasteiger partial charge on any atom is 0.258 e. The average Bonchev–Trinajstić information content (AvgIpc) is 3.28. The van der Waals surface area contributed by atoms with Gasteiger partial charge in [-0.1, -0.05) is 42.5 Å². The van der Waals surface area contributed by atoms with Crippen molar-refractivity contribution in [1.82, 2.24) is 14.6 Å². The summed E-state index contributed by atoms with van der Waals surface area (Å²) in [6, 6.07) is 17.2. The molecule has 0 aliphatic rings. The van der Waals surface area contributed by atoms with Crippen LogP contribution < -0.4 is 10.1 Å². The highest BCUT2D eigenvalue weighted by Gasteiger charge is 2.16. The van der Waals surface area contributed by atoms with Gasteiger partial charge in [-0.05, 0) is 50.1 Å². The highest BCUT2D eigenvalue weighted by molar-refractivity contribution is 7.15. The first kappa shape index (κ1) is 19.8. The molecule has 0 bridgehead atoms. The molecule has 0 saturated heterocycles. The van der Waals surface area contributed by atoms with Crippen LogP contribution in [0, 0.1) is 6.92 Å². The van der Waals surface area contributed by atoms with Gasteiger partial charge < -0.3 is 4.74 Å². The van der Waals surface area contributed by atoms with E-state index in [1.54, 1.807) is 4.52 Å². The van der Waals surface area contributed by atoms with Crippen LogP contribution in [0.4, 0.5) is 5.95 Å². The van der Waals surface area contributed by atoms with Crippen LogP contribution in [0.15, 0.2) is 60.0 Å². The summed E-state index contributed by atoms with van der Waals surface area (Å²) < 4.78 is 7.42. The topological polar surface area (TPSA) is 68.5 Å². The standard InChI is InChI=1S/C23H22N4O2S/c1-15(2)29-19-11-9-17(10-12-19)13-20(18-7-5-4-6-8-18)21(28)24-22-25-23-27(26-22)16(3)14-30-23/h4-15H,1-3H3,(H,24,26,28)/b20-13+. The molecule has 0 saturated carbocycles. The first-order valence-corrected chi connectivity index (χ1v) is 10.5. The van der Waals surface area contributed by atoms with Gasteiger partial charge in [0.25, 0.3) is 11.9 Å². The second-order valence-electron chi connectivity index (χ2n) is 7.12. The average molecular weight is 419 g/mol. The lowest BCUT2D eigenvalue weighted by Gasteiger charge is -2.10. The molecule has 2 aromatic heterocycles. The zero-order valence-electron chi connectivity index (χ0n) is 17.0. The van der Waals surface area contributed by atoms with Gasteiger partial charge in [-0.25, -0.2) is 4.52 Å². The molecular formula is C23H22N4O2S. The SMILES string of the molecule is Cc1csc2nc(NC(=O)/C(=C/c3ccc(OC(C)C)cc3)c3ccccc3)nn12. The van der Waals surface area contributed by atoms with Gasteiger partial charge in [0.1, 0.15) is 5.75 Å². The molecule has 4 rings (SSSR count). The molecule has 0 atom stereocenters.